The van der Waals surface area contributed by atoms with E-state index in [4.69, 9.17) is 5.73 Å². The number of nitrogens with two attached hydrogens (primary N) is 1. The van der Waals surface area contributed by atoms with E-state index in [2.05, 4.69) is 42.0 Å². The molecule has 0 aliphatic carbocycles. The third kappa shape index (κ3) is 4.58. The van der Waals surface area contributed by atoms with E-state index in [1.165, 1.54) is 6.07 Å². The molecule has 1 aromatic carbocycles. The molecule has 1 rings (SSSR count). The van der Waals surface area contributed by atoms with Crippen LogP contribution in [0.5, 0.6) is 0 Å². The Hall–Kier alpha value is -0.610. The minimum absolute atomic E-state index is 0.151. The molecule has 2 nitrogen and oxygen atoms in total. The molecule has 1 unspecified atom stereocenters. The zero-order chi connectivity index (χ0) is 13.8. The summed E-state index contributed by atoms with van der Waals surface area (Å²) in [5.74, 6) is 0.398. The Labute approximate surface area is 117 Å². The van der Waals surface area contributed by atoms with Crippen molar-refractivity contribution in [3.63, 3.8) is 0 Å². The van der Waals surface area contributed by atoms with Crippen LogP contribution >= 0.6 is 15.9 Å². The van der Waals surface area contributed by atoms with Gasteiger partial charge in [0.15, 0.2) is 0 Å². The summed E-state index contributed by atoms with van der Waals surface area (Å²) in [6.45, 7) is 7.05. The Balaban J connectivity index is 2.74. The quantitative estimate of drug-likeness (QED) is 0.827. The maximum Gasteiger partial charge on any atom is 0.137 e. The second-order valence-electron chi connectivity index (χ2n) is 5.45. The standard InChI is InChI=1S/C14H22BrFN2/c1-10(2)6-7-14(3,9-17)18-11-4-5-13(16)12(15)8-11/h4-5,8,10,18H,6-7,9,17H2,1-3H3. The van der Waals surface area contributed by atoms with Crippen LogP contribution in [0, 0.1) is 11.7 Å². The molecule has 3 N–H and O–H groups in total. The van der Waals surface area contributed by atoms with Crippen molar-refractivity contribution in [1.82, 2.24) is 0 Å². The van der Waals surface area contributed by atoms with Crippen molar-refractivity contribution in [3.8, 4) is 0 Å². The van der Waals surface area contributed by atoms with Gasteiger partial charge >= 0.3 is 0 Å². The van der Waals surface area contributed by atoms with Crippen molar-refractivity contribution in [1.29, 1.82) is 0 Å². The zero-order valence-electron chi connectivity index (χ0n) is 11.3. The first kappa shape index (κ1) is 15.4. The van der Waals surface area contributed by atoms with Crippen LogP contribution in [0.1, 0.15) is 33.6 Å². The normalized spacial score (nSPS) is 14.6. The van der Waals surface area contributed by atoms with Gasteiger partial charge in [0.1, 0.15) is 5.82 Å². The van der Waals surface area contributed by atoms with Crippen LogP contribution < -0.4 is 11.1 Å². The van der Waals surface area contributed by atoms with Gasteiger partial charge in [-0.1, -0.05) is 13.8 Å². The molecule has 0 saturated heterocycles. The number of benzene rings is 1. The molecule has 1 atom stereocenters. The Bertz CT molecular complexity index is 395. The summed E-state index contributed by atoms with van der Waals surface area (Å²) in [5.41, 5.74) is 6.60. The fraction of sp³-hybridized carbons (Fsp3) is 0.571. The Morgan fingerprint density at radius 3 is 2.61 bits per heavy atom. The number of hydrogen-bond donors (Lipinski definition) is 2. The zero-order valence-corrected chi connectivity index (χ0v) is 12.8. The van der Waals surface area contributed by atoms with E-state index in [1.807, 2.05) is 0 Å². The predicted octanol–water partition coefficient (Wildman–Crippen LogP) is 4.15. The van der Waals surface area contributed by atoms with Crippen molar-refractivity contribution in [2.24, 2.45) is 11.7 Å². The number of nitrogens with one attached hydrogen (secondary N) is 1. The van der Waals surface area contributed by atoms with E-state index in [0.29, 0.717) is 16.9 Å². The van der Waals surface area contributed by atoms with E-state index >= 15 is 0 Å². The molecule has 0 aromatic heterocycles. The molecule has 0 spiro atoms. The highest BCUT2D eigenvalue weighted by molar-refractivity contribution is 9.10. The van der Waals surface area contributed by atoms with Gasteiger partial charge in [-0.25, -0.2) is 4.39 Å². The van der Waals surface area contributed by atoms with Crippen molar-refractivity contribution in [2.45, 2.75) is 39.2 Å². The minimum atomic E-state index is -0.253. The third-order valence-electron chi connectivity index (χ3n) is 3.09. The fourth-order valence-electron chi connectivity index (χ4n) is 1.75. The number of anilines is 1. The minimum Gasteiger partial charge on any atom is -0.379 e. The van der Waals surface area contributed by atoms with Crippen molar-refractivity contribution >= 4 is 21.6 Å². The molecule has 102 valence electrons. The lowest BCUT2D eigenvalue weighted by Gasteiger charge is -2.31. The number of rotatable bonds is 6. The van der Waals surface area contributed by atoms with Crippen LogP contribution in [-0.4, -0.2) is 12.1 Å². The Kier molecular flexibility index (Phi) is 5.60. The Morgan fingerprint density at radius 2 is 2.11 bits per heavy atom. The fourth-order valence-corrected chi connectivity index (χ4v) is 2.12. The molecule has 0 saturated carbocycles. The van der Waals surface area contributed by atoms with Crippen LogP contribution in [0.3, 0.4) is 0 Å². The molecular weight excluding hydrogens is 295 g/mol. The first-order valence-electron chi connectivity index (χ1n) is 6.29. The van der Waals surface area contributed by atoms with Gasteiger partial charge in [-0.3, -0.25) is 0 Å². The topological polar surface area (TPSA) is 38.0 Å². The van der Waals surface area contributed by atoms with Gasteiger partial charge in [-0.15, -0.1) is 0 Å². The van der Waals surface area contributed by atoms with Crippen LogP contribution in [-0.2, 0) is 0 Å². The van der Waals surface area contributed by atoms with Gasteiger partial charge in [0, 0.05) is 17.8 Å². The van der Waals surface area contributed by atoms with E-state index in [9.17, 15) is 4.39 Å². The lowest BCUT2D eigenvalue weighted by Crippen LogP contribution is -2.42. The second-order valence-corrected chi connectivity index (χ2v) is 6.31. The second kappa shape index (κ2) is 6.53. The predicted molar refractivity (Wildman–Crippen MR) is 79.3 cm³/mol. The van der Waals surface area contributed by atoms with Gasteiger partial charge in [0.05, 0.1) is 4.47 Å². The molecule has 0 aliphatic rings. The molecule has 0 heterocycles. The van der Waals surface area contributed by atoms with E-state index in [1.54, 1.807) is 12.1 Å². The number of hydrogen-bond acceptors (Lipinski definition) is 2. The van der Waals surface area contributed by atoms with Crippen molar-refractivity contribution < 1.29 is 4.39 Å². The summed E-state index contributed by atoms with van der Waals surface area (Å²) in [4.78, 5) is 0. The number of halogens is 2. The van der Waals surface area contributed by atoms with Crippen LogP contribution in [0.25, 0.3) is 0 Å². The maximum atomic E-state index is 13.2. The monoisotopic (exact) mass is 316 g/mol. The molecule has 4 heteroatoms. The van der Waals surface area contributed by atoms with Gasteiger partial charge in [0.25, 0.3) is 0 Å². The molecule has 0 aliphatic heterocycles. The average molecular weight is 317 g/mol. The molecular formula is C14H22BrFN2. The largest absolute Gasteiger partial charge is 0.379 e. The highest BCUT2D eigenvalue weighted by atomic mass is 79.9. The lowest BCUT2D eigenvalue weighted by molar-refractivity contribution is 0.420. The van der Waals surface area contributed by atoms with Gasteiger partial charge in [-0.2, -0.15) is 0 Å². The molecule has 18 heavy (non-hydrogen) atoms. The molecule has 1 aromatic rings. The van der Waals surface area contributed by atoms with Crippen LogP contribution in [0.4, 0.5) is 10.1 Å². The summed E-state index contributed by atoms with van der Waals surface area (Å²) in [5, 5.41) is 3.41. The van der Waals surface area contributed by atoms with Gasteiger partial charge in [-0.05, 0) is 59.8 Å². The van der Waals surface area contributed by atoms with Crippen LogP contribution in [0.2, 0.25) is 0 Å². The van der Waals surface area contributed by atoms with Crippen molar-refractivity contribution in [2.75, 3.05) is 11.9 Å². The molecule has 0 fully saturated rings. The SMILES string of the molecule is CC(C)CCC(C)(CN)Nc1ccc(F)c(Br)c1. The van der Waals surface area contributed by atoms with Crippen LogP contribution in [0.15, 0.2) is 22.7 Å². The molecule has 0 amide bonds. The molecule has 0 radical (unpaired) electrons. The summed E-state index contributed by atoms with van der Waals surface area (Å²) in [6.07, 6.45) is 2.11. The van der Waals surface area contributed by atoms with Crippen molar-refractivity contribution in [3.05, 3.63) is 28.5 Å². The summed E-state index contributed by atoms with van der Waals surface area (Å²) < 4.78 is 13.6. The first-order valence-corrected chi connectivity index (χ1v) is 7.09. The summed E-state index contributed by atoms with van der Waals surface area (Å²) in [7, 11) is 0. The molecule has 0 bridgehead atoms. The highest BCUT2D eigenvalue weighted by Crippen LogP contribution is 2.25. The summed E-state index contributed by atoms with van der Waals surface area (Å²) >= 11 is 3.19. The average Bonchev–Trinajstić information content (AvgIpc) is 2.31. The van der Waals surface area contributed by atoms with E-state index in [0.717, 1.165) is 18.5 Å². The van der Waals surface area contributed by atoms with Gasteiger partial charge < -0.3 is 11.1 Å². The van der Waals surface area contributed by atoms with Gasteiger partial charge in [0.2, 0.25) is 0 Å². The smallest absolute Gasteiger partial charge is 0.137 e. The van der Waals surface area contributed by atoms with E-state index < -0.39 is 0 Å². The summed E-state index contributed by atoms with van der Waals surface area (Å²) in [6, 6.07) is 4.94. The highest BCUT2D eigenvalue weighted by Gasteiger charge is 2.22. The lowest BCUT2D eigenvalue weighted by atomic mass is 9.91. The maximum absolute atomic E-state index is 13.2. The third-order valence-corrected chi connectivity index (χ3v) is 3.70. The van der Waals surface area contributed by atoms with E-state index in [-0.39, 0.29) is 11.4 Å². The Morgan fingerprint density at radius 1 is 1.44 bits per heavy atom. The first-order chi connectivity index (χ1) is 8.36.